The smallest absolute Gasteiger partial charge is 0.0740 e. The number of hydrogen-bond donors (Lipinski definition) is 0. The van der Waals surface area contributed by atoms with Gasteiger partial charge in [0.05, 0.1) is 12.1 Å². The van der Waals surface area contributed by atoms with E-state index in [0.29, 0.717) is 12.5 Å². The summed E-state index contributed by atoms with van der Waals surface area (Å²) in [5, 5.41) is 1.25. The molecule has 1 aliphatic carbocycles. The molecule has 0 unspecified atom stereocenters. The summed E-state index contributed by atoms with van der Waals surface area (Å²) in [5.74, 6) is 3.23. The summed E-state index contributed by atoms with van der Waals surface area (Å²) in [4.78, 5) is 6.90. The van der Waals surface area contributed by atoms with Gasteiger partial charge in [0.15, 0.2) is 0 Å². The molecule has 0 spiro atoms. The van der Waals surface area contributed by atoms with Crippen LogP contribution in [0.4, 0.5) is 0 Å². The molecule has 0 amide bonds. The van der Waals surface area contributed by atoms with Crippen molar-refractivity contribution in [3.63, 3.8) is 0 Å². The molecule has 0 bridgehead atoms. The van der Waals surface area contributed by atoms with Crippen molar-refractivity contribution in [2.24, 2.45) is 0 Å². The molecule has 0 saturated heterocycles. The Morgan fingerprint density at radius 1 is 1.08 bits per heavy atom. The van der Waals surface area contributed by atoms with Crippen LogP contribution in [0.1, 0.15) is 28.2 Å². The Kier molecular flexibility index (Phi) is 4.26. The average molecular weight is 326 g/mol. The molecule has 1 aliphatic rings. The average Bonchev–Trinajstić information content (AvgIpc) is 3.06. The number of nitrogens with zero attached hydrogens (tertiary/aromatic N) is 2. The number of aromatic nitrogens is 1. The van der Waals surface area contributed by atoms with Crippen LogP contribution in [0.5, 0.6) is 0 Å². The molecular weight excluding hydrogens is 304 g/mol. The standard InChI is InChI=1S/C23H22N2/c1-3-13-25(2)16-19-10-11-22(23-21(19)9-6-12-24-23)20-14-17-7-4-5-8-18(17)15-20/h1,4-12,20H,13-16H2,2H3. The highest BCUT2D eigenvalue weighted by Crippen LogP contribution is 2.37. The molecule has 0 fully saturated rings. The molecular formula is C23H22N2. The molecule has 124 valence electrons. The number of pyridine rings is 1. The Hall–Kier alpha value is -2.63. The normalized spacial score (nSPS) is 14.0. The molecule has 25 heavy (non-hydrogen) atoms. The number of hydrogen-bond acceptors (Lipinski definition) is 2. The van der Waals surface area contributed by atoms with Gasteiger partial charge in [-0.1, -0.05) is 48.4 Å². The van der Waals surface area contributed by atoms with Crippen molar-refractivity contribution in [1.29, 1.82) is 0 Å². The first-order valence-corrected chi connectivity index (χ1v) is 8.81. The van der Waals surface area contributed by atoms with Crippen LogP contribution in [-0.4, -0.2) is 23.5 Å². The van der Waals surface area contributed by atoms with Crippen LogP contribution in [0.3, 0.4) is 0 Å². The summed E-state index contributed by atoms with van der Waals surface area (Å²) < 4.78 is 0. The van der Waals surface area contributed by atoms with E-state index >= 15 is 0 Å². The van der Waals surface area contributed by atoms with E-state index in [9.17, 15) is 0 Å². The SMILES string of the molecule is C#CCN(C)Cc1ccc(C2Cc3ccccc3C2)c2ncccc12. The van der Waals surface area contributed by atoms with Crippen molar-refractivity contribution < 1.29 is 0 Å². The van der Waals surface area contributed by atoms with E-state index in [-0.39, 0.29) is 0 Å². The lowest BCUT2D eigenvalue weighted by Crippen LogP contribution is -2.18. The van der Waals surface area contributed by atoms with Crippen molar-refractivity contribution in [3.05, 3.63) is 77.0 Å². The Balaban J connectivity index is 1.71. The van der Waals surface area contributed by atoms with Crippen LogP contribution in [0.25, 0.3) is 10.9 Å². The van der Waals surface area contributed by atoms with E-state index in [0.717, 1.165) is 24.9 Å². The van der Waals surface area contributed by atoms with Gasteiger partial charge in [-0.2, -0.15) is 0 Å². The Labute approximate surface area is 149 Å². The van der Waals surface area contributed by atoms with Crippen molar-refractivity contribution >= 4 is 10.9 Å². The predicted octanol–water partition coefficient (Wildman–Crippen LogP) is 4.18. The van der Waals surface area contributed by atoms with Gasteiger partial charge in [0.25, 0.3) is 0 Å². The van der Waals surface area contributed by atoms with Gasteiger partial charge in [0, 0.05) is 18.1 Å². The minimum absolute atomic E-state index is 0.521. The van der Waals surface area contributed by atoms with Crippen LogP contribution in [0.2, 0.25) is 0 Å². The number of benzene rings is 2. The maximum Gasteiger partial charge on any atom is 0.0740 e. The zero-order chi connectivity index (χ0) is 17.2. The monoisotopic (exact) mass is 326 g/mol. The second kappa shape index (κ2) is 6.70. The number of fused-ring (bicyclic) bond motifs is 2. The third-order valence-corrected chi connectivity index (χ3v) is 5.18. The second-order valence-electron chi connectivity index (χ2n) is 6.96. The first-order chi connectivity index (χ1) is 12.3. The van der Waals surface area contributed by atoms with Crippen LogP contribution in [0.15, 0.2) is 54.7 Å². The van der Waals surface area contributed by atoms with Crippen molar-refractivity contribution in [3.8, 4) is 12.3 Å². The van der Waals surface area contributed by atoms with E-state index < -0.39 is 0 Å². The fourth-order valence-electron chi connectivity index (χ4n) is 4.00. The highest BCUT2D eigenvalue weighted by atomic mass is 15.1. The third kappa shape index (κ3) is 3.04. The molecule has 0 saturated carbocycles. The third-order valence-electron chi connectivity index (χ3n) is 5.18. The Morgan fingerprint density at radius 2 is 1.84 bits per heavy atom. The fraction of sp³-hybridized carbons (Fsp3) is 0.261. The van der Waals surface area contributed by atoms with Gasteiger partial charge in [-0.3, -0.25) is 9.88 Å². The van der Waals surface area contributed by atoms with E-state index in [4.69, 9.17) is 11.4 Å². The molecule has 2 heteroatoms. The largest absolute Gasteiger partial charge is 0.291 e. The lowest BCUT2D eigenvalue weighted by atomic mass is 9.92. The Morgan fingerprint density at radius 3 is 2.56 bits per heavy atom. The predicted molar refractivity (Wildman–Crippen MR) is 104 cm³/mol. The molecule has 1 aromatic heterocycles. The summed E-state index contributed by atoms with van der Waals surface area (Å²) in [5.41, 5.74) is 6.77. The van der Waals surface area contributed by atoms with Crippen LogP contribution in [-0.2, 0) is 19.4 Å². The maximum atomic E-state index is 5.44. The van der Waals surface area contributed by atoms with Gasteiger partial charge < -0.3 is 0 Å². The van der Waals surface area contributed by atoms with Gasteiger partial charge in [-0.25, -0.2) is 0 Å². The van der Waals surface area contributed by atoms with E-state index in [2.05, 4.69) is 60.3 Å². The summed E-state index contributed by atoms with van der Waals surface area (Å²) in [6.45, 7) is 1.50. The second-order valence-corrected chi connectivity index (χ2v) is 6.96. The van der Waals surface area contributed by atoms with Gasteiger partial charge in [0.2, 0.25) is 0 Å². The lowest BCUT2D eigenvalue weighted by Gasteiger charge is -2.18. The van der Waals surface area contributed by atoms with Gasteiger partial charge >= 0.3 is 0 Å². The van der Waals surface area contributed by atoms with Crippen LogP contribution < -0.4 is 0 Å². The van der Waals surface area contributed by atoms with Crippen LogP contribution >= 0.6 is 0 Å². The zero-order valence-corrected chi connectivity index (χ0v) is 14.6. The first-order valence-electron chi connectivity index (χ1n) is 8.81. The van der Waals surface area contributed by atoms with E-state index in [1.807, 2.05) is 12.3 Å². The fourth-order valence-corrected chi connectivity index (χ4v) is 4.00. The van der Waals surface area contributed by atoms with Gasteiger partial charge in [-0.15, -0.1) is 6.42 Å². The molecule has 0 aliphatic heterocycles. The Bertz CT molecular complexity index is 927. The van der Waals surface area contributed by atoms with Crippen LogP contribution in [0, 0.1) is 12.3 Å². The molecule has 2 aromatic carbocycles. The minimum atomic E-state index is 0.521. The molecule has 0 radical (unpaired) electrons. The highest BCUT2D eigenvalue weighted by Gasteiger charge is 2.24. The van der Waals surface area contributed by atoms with Gasteiger partial charge in [0.1, 0.15) is 0 Å². The first kappa shape index (κ1) is 15.9. The molecule has 1 heterocycles. The van der Waals surface area contributed by atoms with Crippen molar-refractivity contribution in [2.45, 2.75) is 25.3 Å². The summed E-state index contributed by atoms with van der Waals surface area (Å²) >= 11 is 0. The van der Waals surface area contributed by atoms with Gasteiger partial charge in [-0.05, 0) is 54.1 Å². The summed E-state index contributed by atoms with van der Waals surface area (Å²) in [7, 11) is 2.06. The molecule has 0 atom stereocenters. The number of terminal acetylenes is 1. The topological polar surface area (TPSA) is 16.1 Å². The lowest BCUT2D eigenvalue weighted by molar-refractivity contribution is 0.370. The molecule has 2 nitrogen and oxygen atoms in total. The zero-order valence-electron chi connectivity index (χ0n) is 14.6. The van der Waals surface area contributed by atoms with Crippen molar-refractivity contribution in [2.75, 3.05) is 13.6 Å². The molecule has 3 aromatic rings. The summed E-state index contributed by atoms with van der Waals surface area (Å²) in [6.07, 6.45) is 9.56. The quantitative estimate of drug-likeness (QED) is 0.669. The highest BCUT2D eigenvalue weighted by molar-refractivity contribution is 5.85. The maximum absolute atomic E-state index is 5.44. The van der Waals surface area contributed by atoms with Crippen molar-refractivity contribution in [1.82, 2.24) is 9.88 Å². The van der Waals surface area contributed by atoms with E-state index in [1.54, 1.807) is 0 Å². The summed E-state index contributed by atoms with van der Waals surface area (Å²) in [6, 6.07) is 17.6. The number of rotatable bonds is 4. The molecule has 0 N–H and O–H groups in total. The molecule has 4 rings (SSSR count). The minimum Gasteiger partial charge on any atom is -0.291 e. The van der Waals surface area contributed by atoms with E-state index in [1.165, 1.54) is 27.6 Å².